The maximum atomic E-state index is 11.9. The largest absolute Gasteiger partial charge is 0.396 e. The minimum atomic E-state index is -3.02. The van der Waals surface area contributed by atoms with Crippen LogP contribution in [0.15, 0.2) is 30.3 Å². The zero-order chi connectivity index (χ0) is 15.3. The van der Waals surface area contributed by atoms with E-state index in [2.05, 4.69) is 5.32 Å². The highest BCUT2D eigenvalue weighted by molar-refractivity contribution is 7.91. The van der Waals surface area contributed by atoms with Crippen LogP contribution in [0.2, 0.25) is 0 Å². The van der Waals surface area contributed by atoms with Gasteiger partial charge < -0.3 is 10.4 Å². The van der Waals surface area contributed by atoms with Crippen LogP contribution in [-0.2, 0) is 9.84 Å². The number of sulfone groups is 1. The molecule has 0 aromatic heterocycles. The summed E-state index contributed by atoms with van der Waals surface area (Å²) >= 11 is 0. The van der Waals surface area contributed by atoms with E-state index in [9.17, 15) is 13.5 Å². The summed E-state index contributed by atoms with van der Waals surface area (Å²) in [6, 6.07) is 9.86. The second-order valence-corrected chi connectivity index (χ2v) is 8.22. The van der Waals surface area contributed by atoms with Crippen molar-refractivity contribution in [1.82, 2.24) is 5.32 Å². The van der Waals surface area contributed by atoms with Gasteiger partial charge in [0.15, 0.2) is 9.84 Å². The number of rotatable bonds is 6. The van der Waals surface area contributed by atoms with Crippen molar-refractivity contribution < 1.29 is 13.5 Å². The summed E-state index contributed by atoms with van der Waals surface area (Å²) in [5.74, 6) is 0.00772. The van der Waals surface area contributed by atoms with Crippen LogP contribution < -0.4 is 5.32 Å². The Kier molecular flexibility index (Phi) is 5.79. The average Bonchev–Trinajstić information content (AvgIpc) is 2.48. The summed E-state index contributed by atoms with van der Waals surface area (Å²) in [5.41, 5.74) is 1.08. The molecule has 4 nitrogen and oxygen atoms in total. The molecule has 1 aliphatic carbocycles. The van der Waals surface area contributed by atoms with E-state index in [0.29, 0.717) is 6.54 Å². The lowest BCUT2D eigenvalue weighted by atomic mass is 9.93. The minimum Gasteiger partial charge on any atom is -0.396 e. The lowest BCUT2D eigenvalue weighted by Crippen LogP contribution is -2.47. The van der Waals surface area contributed by atoms with E-state index >= 15 is 0 Å². The highest BCUT2D eigenvalue weighted by Crippen LogP contribution is 2.25. The van der Waals surface area contributed by atoms with Gasteiger partial charge in [0.25, 0.3) is 0 Å². The van der Waals surface area contributed by atoms with Crippen LogP contribution in [0.25, 0.3) is 0 Å². The van der Waals surface area contributed by atoms with Crippen molar-refractivity contribution in [3.8, 4) is 0 Å². The first-order valence-corrected chi connectivity index (χ1v) is 9.56. The molecule has 0 saturated heterocycles. The monoisotopic (exact) mass is 311 g/mol. The van der Waals surface area contributed by atoms with Crippen molar-refractivity contribution in [3.05, 3.63) is 35.9 Å². The predicted octanol–water partition coefficient (Wildman–Crippen LogP) is 1.71. The molecular formula is C16H25NO3S. The zero-order valence-corrected chi connectivity index (χ0v) is 13.3. The van der Waals surface area contributed by atoms with E-state index in [1.807, 2.05) is 30.3 Å². The zero-order valence-electron chi connectivity index (χ0n) is 12.5. The maximum Gasteiger partial charge on any atom is 0.151 e. The third kappa shape index (κ3) is 4.53. The van der Waals surface area contributed by atoms with E-state index in [4.69, 9.17) is 0 Å². The lowest BCUT2D eigenvalue weighted by Gasteiger charge is -2.32. The number of hydrogen-bond donors (Lipinski definition) is 2. The van der Waals surface area contributed by atoms with Gasteiger partial charge in [-0.15, -0.1) is 0 Å². The first-order valence-electron chi connectivity index (χ1n) is 7.60. The molecule has 1 aromatic carbocycles. The van der Waals surface area contributed by atoms with Gasteiger partial charge in [-0.25, -0.2) is 8.42 Å². The van der Waals surface area contributed by atoms with Gasteiger partial charge in [-0.3, -0.25) is 0 Å². The molecule has 1 fully saturated rings. The summed E-state index contributed by atoms with van der Waals surface area (Å²) in [6.45, 7) is 0.671. The van der Waals surface area contributed by atoms with Crippen LogP contribution in [0.3, 0.4) is 0 Å². The molecule has 0 radical (unpaired) electrons. The Hall–Kier alpha value is -0.910. The number of benzene rings is 1. The molecule has 5 heteroatoms. The van der Waals surface area contributed by atoms with Gasteiger partial charge >= 0.3 is 0 Å². The molecule has 0 amide bonds. The Labute approximate surface area is 127 Å². The molecule has 2 N–H and O–H groups in total. The van der Waals surface area contributed by atoms with Crippen LogP contribution in [0, 0.1) is 0 Å². The summed E-state index contributed by atoms with van der Waals surface area (Å²) < 4.78 is 23.8. The fraction of sp³-hybridized carbons (Fsp3) is 0.625. The molecule has 0 aliphatic heterocycles. The van der Waals surface area contributed by atoms with Crippen LogP contribution >= 0.6 is 0 Å². The summed E-state index contributed by atoms with van der Waals surface area (Å²) in [4.78, 5) is 0. The van der Waals surface area contributed by atoms with Crippen molar-refractivity contribution in [2.75, 3.05) is 19.4 Å². The standard InChI is InChI=1S/C16H25NO3S/c1-21(19,20)16-10-6-5-9-15(16)17-11-14(12-18)13-7-3-2-4-8-13/h2-4,7-8,14-18H,5-6,9-12H2,1H3. The van der Waals surface area contributed by atoms with E-state index in [-0.39, 0.29) is 23.8 Å². The predicted molar refractivity (Wildman–Crippen MR) is 85.2 cm³/mol. The smallest absolute Gasteiger partial charge is 0.151 e. The first-order chi connectivity index (χ1) is 10.0. The molecule has 118 valence electrons. The highest BCUT2D eigenvalue weighted by Gasteiger charge is 2.32. The third-order valence-corrected chi connectivity index (χ3v) is 6.03. The number of nitrogens with one attached hydrogen (secondary N) is 1. The third-order valence-electron chi connectivity index (χ3n) is 4.37. The van der Waals surface area contributed by atoms with Gasteiger partial charge in [0.1, 0.15) is 0 Å². The lowest BCUT2D eigenvalue weighted by molar-refractivity contribution is 0.253. The van der Waals surface area contributed by atoms with Crippen molar-refractivity contribution in [2.24, 2.45) is 0 Å². The molecule has 2 rings (SSSR count). The SMILES string of the molecule is CS(=O)(=O)C1CCCCC1NCC(CO)c1ccccc1. The number of aliphatic hydroxyl groups excluding tert-OH is 1. The maximum absolute atomic E-state index is 11.9. The molecule has 1 aromatic rings. The van der Waals surface area contributed by atoms with Gasteiger partial charge in [0, 0.05) is 24.8 Å². The van der Waals surface area contributed by atoms with Crippen molar-refractivity contribution in [3.63, 3.8) is 0 Å². The molecule has 0 heterocycles. The molecule has 1 aliphatic rings. The Morgan fingerprint density at radius 2 is 1.90 bits per heavy atom. The summed E-state index contributed by atoms with van der Waals surface area (Å²) in [5, 5.41) is 12.7. The van der Waals surface area contributed by atoms with Crippen molar-refractivity contribution >= 4 is 9.84 Å². The molecule has 3 unspecified atom stereocenters. The Balaban J connectivity index is 1.99. The van der Waals surface area contributed by atoms with Crippen molar-refractivity contribution in [1.29, 1.82) is 0 Å². The number of aliphatic hydroxyl groups is 1. The summed E-state index contributed by atoms with van der Waals surface area (Å²) in [7, 11) is -3.02. The van der Waals surface area contributed by atoms with Crippen LogP contribution in [0.4, 0.5) is 0 Å². The Bertz CT molecular complexity index is 530. The van der Waals surface area contributed by atoms with Gasteiger partial charge in [-0.2, -0.15) is 0 Å². The molecule has 0 bridgehead atoms. The van der Waals surface area contributed by atoms with Crippen LogP contribution in [0.5, 0.6) is 0 Å². The Morgan fingerprint density at radius 3 is 2.52 bits per heavy atom. The van der Waals surface area contributed by atoms with Crippen LogP contribution in [-0.4, -0.2) is 44.2 Å². The quantitative estimate of drug-likeness (QED) is 0.839. The minimum absolute atomic E-state index is 0.00603. The number of hydrogen-bond acceptors (Lipinski definition) is 4. The van der Waals surface area contributed by atoms with E-state index < -0.39 is 9.84 Å². The first kappa shape index (κ1) is 16.5. The second-order valence-electron chi connectivity index (χ2n) is 5.96. The Morgan fingerprint density at radius 1 is 1.24 bits per heavy atom. The highest BCUT2D eigenvalue weighted by atomic mass is 32.2. The van der Waals surface area contributed by atoms with E-state index in [0.717, 1.165) is 31.2 Å². The molecule has 21 heavy (non-hydrogen) atoms. The molecule has 0 spiro atoms. The fourth-order valence-corrected chi connectivity index (χ4v) is 4.57. The molecule has 1 saturated carbocycles. The van der Waals surface area contributed by atoms with Gasteiger partial charge in [0.05, 0.1) is 11.9 Å². The molecule has 3 atom stereocenters. The summed E-state index contributed by atoms with van der Waals surface area (Å²) in [6.07, 6.45) is 5.02. The average molecular weight is 311 g/mol. The van der Waals surface area contributed by atoms with Crippen molar-refractivity contribution in [2.45, 2.75) is 42.9 Å². The second kappa shape index (κ2) is 7.38. The van der Waals surface area contributed by atoms with Crippen LogP contribution in [0.1, 0.15) is 37.2 Å². The topological polar surface area (TPSA) is 66.4 Å². The fourth-order valence-electron chi connectivity index (χ4n) is 3.15. The van der Waals surface area contributed by atoms with Gasteiger partial charge in [-0.05, 0) is 18.4 Å². The van der Waals surface area contributed by atoms with Gasteiger partial charge in [0.2, 0.25) is 0 Å². The van der Waals surface area contributed by atoms with E-state index in [1.165, 1.54) is 6.26 Å². The van der Waals surface area contributed by atoms with E-state index in [1.54, 1.807) is 0 Å². The van der Waals surface area contributed by atoms with Gasteiger partial charge in [-0.1, -0.05) is 43.2 Å². The molecular weight excluding hydrogens is 286 g/mol. The normalized spacial score (nSPS) is 24.7.